The molecule has 0 fully saturated rings. The average molecular weight is 319 g/mol. The predicted octanol–water partition coefficient (Wildman–Crippen LogP) is 2.61. The van der Waals surface area contributed by atoms with Crippen LogP contribution in [0.3, 0.4) is 0 Å². The first-order valence-electron chi connectivity index (χ1n) is 6.46. The third kappa shape index (κ3) is 3.26. The highest BCUT2D eigenvalue weighted by atomic mass is 32.1. The Morgan fingerprint density at radius 3 is 2.95 bits per heavy atom. The number of fused-ring (bicyclic) bond motifs is 1. The number of carbonyl (C=O) groups excluding carboxylic acids is 1. The van der Waals surface area contributed by atoms with E-state index in [-0.39, 0.29) is 5.91 Å². The Morgan fingerprint density at radius 1 is 1.29 bits per heavy atom. The molecule has 0 saturated heterocycles. The van der Waals surface area contributed by atoms with Crippen LogP contribution in [-0.2, 0) is 0 Å². The van der Waals surface area contributed by atoms with Crippen molar-refractivity contribution in [3.8, 4) is 0 Å². The van der Waals surface area contributed by atoms with Crippen LogP contribution in [0, 0.1) is 0 Å². The zero-order chi connectivity index (χ0) is 14.7. The predicted molar refractivity (Wildman–Crippen MR) is 83.6 cm³/mol. The summed E-state index contributed by atoms with van der Waals surface area (Å²) in [4.78, 5) is 13.0. The average Bonchev–Trinajstić information content (AvgIpc) is 3.17. The Hall–Kier alpha value is -1.83. The molecular formula is C14H13N3O2S2. The van der Waals surface area contributed by atoms with E-state index < -0.39 is 6.10 Å². The number of benzene rings is 1. The van der Waals surface area contributed by atoms with Crippen molar-refractivity contribution >= 4 is 40.0 Å². The van der Waals surface area contributed by atoms with Crippen molar-refractivity contribution < 1.29 is 9.90 Å². The van der Waals surface area contributed by atoms with Gasteiger partial charge in [-0.05, 0) is 36.1 Å². The molecule has 3 aromatic rings. The molecule has 0 unspecified atom stereocenters. The number of carbonyl (C=O) groups is 1. The van der Waals surface area contributed by atoms with Gasteiger partial charge in [-0.3, -0.25) is 4.79 Å². The van der Waals surface area contributed by atoms with Crippen molar-refractivity contribution in [2.24, 2.45) is 0 Å². The molecule has 0 bridgehead atoms. The summed E-state index contributed by atoms with van der Waals surface area (Å²) in [5, 5.41) is 14.7. The van der Waals surface area contributed by atoms with Gasteiger partial charge in [0.15, 0.2) is 0 Å². The minimum atomic E-state index is -0.532. The Bertz CT molecular complexity index is 740. The number of hydrogen-bond donors (Lipinski definition) is 2. The highest BCUT2D eigenvalue weighted by Gasteiger charge is 2.11. The number of aromatic nitrogens is 2. The number of amides is 1. The zero-order valence-electron chi connectivity index (χ0n) is 11.0. The molecule has 1 aromatic carbocycles. The quantitative estimate of drug-likeness (QED) is 0.758. The number of thiophene rings is 1. The molecule has 2 N–H and O–H groups in total. The van der Waals surface area contributed by atoms with E-state index in [1.807, 2.05) is 17.5 Å². The van der Waals surface area contributed by atoms with Crippen LogP contribution in [0.15, 0.2) is 35.7 Å². The van der Waals surface area contributed by atoms with Crippen LogP contribution in [0.4, 0.5) is 0 Å². The maximum Gasteiger partial charge on any atom is 0.251 e. The molecule has 2 heterocycles. The topological polar surface area (TPSA) is 75.1 Å². The molecule has 2 aromatic heterocycles. The smallest absolute Gasteiger partial charge is 0.251 e. The zero-order valence-corrected chi connectivity index (χ0v) is 12.7. The summed E-state index contributed by atoms with van der Waals surface area (Å²) >= 11 is 2.64. The summed E-state index contributed by atoms with van der Waals surface area (Å²) in [6.45, 7) is 0.422. The van der Waals surface area contributed by atoms with Gasteiger partial charge in [0.2, 0.25) is 0 Å². The molecule has 3 rings (SSSR count). The van der Waals surface area contributed by atoms with Gasteiger partial charge in [0.1, 0.15) is 11.0 Å². The summed E-state index contributed by atoms with van der Waals surface area (Å²) in [6.07, 6.45) is -0.0391. The van der Waals surface area contributed by atoms with Crippen molar-refractivity contribution in [2.45, 2.75) is 12.5 Å². The van der Waals surface area contributed by atoms with Crippen molar-refractivity contribution in [1.82, 2.24) is 14.1 Å². The fourth-order valence-electron chi connectivity index (χ4n) is 1.97. The Balaban J connectivity index is 1.56. The SMILES string of the molecule is O=C(NCC[C@@H](O)c1cccs1)c1ccc2nsnc2c1. The normalized spacial score (nSPS) is 12.4. The van der Waals surface area contributed by atoms with Crippen molar-refractivity contribution in [3.63, 3.8) is 0 Å². The monoisotopic (exact) mass is 319 g/mol. The van der Waals surface area contributed by atoms with Gasteiger partial charge in [-0.15, -0.1) is 11.3 Å². The van der Waals surface area contributed by atoms with E-state index in [1.165, 1.54) is 11.3 Å². The largest absolute Gasteiger partial charge is 0.388 e. The highest BCUT2D eigenvalue weighted by Crippen LogP contribution is 2.21. The lowest BCUT2D eigenvalue weighted by Crippen LogP contribution is -2.25. The van der Waals surface area contributed by atoms with Gasteiger partial charge < -0.3 is 10.4 Å². The third-order valence-electron chi connectivity index (χ3n) is 3.09. The second-order valence-corrected chi connectivity index (χ2v) is 6.05. The lowest BCUT2D eigenvalue weighted by Gasteiger charge is -2.09. The number of hydrogen-bond acceptors (Lipinski definition) is 6. The van der Waals surface area contributed by atoms with Gasteiger partial charge in [-0.25, -0.2) is 0 Å². The minimum Gasteiger partial charge on any atom is -0.388 e. The molecule has 0 aliphatic rings. The van der Waals surface area contributed by atoms with Gasteiger partial charge in [-0.2, -0.15) is 8.75 Å². The molecule has 1 amide bonds. The second kappa shape index (κ2) is 6.30. The minimum absolute atomic E-state index is 0.164. The van der Waals surface area contributed by atoms with Gasteiger partial charge in [0.05, 0.1) is 17.8 Å². The molecule has 0 saturated carbocycles. The number of aliphatic hydroxyl groups is 1. The van der Waals surface area contributed by atoms with E-state index in [2.05, 4.69) is 14.1 Å². The van der Waals surface area contributed by atoms with E-state index in [4.69, 9.17) is 0 Å². The lowest BCUT2D eigenvalue weighted by molar-refractivity contribution is 0.0943. The van der Waals surface area contributed by atoms with Crippen LogP contribution in [0.5, 0.6) is 0 Å². The molecular weight excluding hydrogens is 306 g/mol. The van der Waals surface area contributed by atoms with Gasteiger partial charge in [0.25, 0.3) is 5.91 Å². The van der Waals surface area contributed by atoms with E-state index >= 15 is 0 Å². The number of nitrogens with zero attached hydrogens (tertiary/aromatic N) is 2. The first-order valence-corrected chi connectivity index (χ1v) is 8.07. The van der Waals surface area contributed by atoms with Crippen LogP contribution in [0.2, 0.25) is 0 Å². The van der Waals surface area contributed by atoms with Gasteiger partial charge in [0, 0.05) is 17.0 Å². The first kappa shape index (κ1) is 14.1. The summed E-state index contributed by atoms with van der Waals surface area (Å²) < 4.78 is 8.22. The fraction of sp³-hybridized carbons (Fsp3) is 0.214. The lowest BCUT2D eigenvalue weighted by atomic mass is 10.1. The van der Waals surface area contributed by atoms with E-state index in [1.54, 1.807) is 18.2 Å². The maximum absolute atomic E-state index is 12.0. The number of nitrogens with one attached hydrogen (secondary N) is 1. The molecule has 21 heavy (non-hydrogen) atoms. The fourth-order valence-corrected chi connectivity index (χ4v) is 3.23. The number of aliphatic hydroxyl groups excluding tert-OH is 1. The first-order chi connectivity index (χ1) is 10.2. The summed E-state index contributed by atoms with van der Waals surface area (Å²) in [5.41, 5.74) is 2.08. The van der Waals surface area contributed by atoms with E-state index in [0.717, 1.165) is 27.6 Å². The summed E-state index contributed by atoms with van der Waals surface area (Å²) in [7, 11) is 0. The van der Waals surface area contributed by atoms with Gasteiger partial charge >= 0.3 is 0 Å². The third-order valence-corrected chi connectivity index (χ3v) is 4.62. The van der Waals surface area contributed by atoms with Crippen LogP contribution in [0.25, 0.3) is 11.0 Å². The van der Waals surface area contributed by atoms with Crippen LogP contribution >= 0.6 is 23.1 Å². The summed E-state index contributed by atoms with van der Waals surface area (Å²) in [6, 6.07) is 9.03. The molecule has 7 heteroatoms. The highest BCUT2D eigenvalue weighted by molar-refractivity contribution is 7.10. The van der Waals surface area contributed by atoms with Gasteiger partial charge in [-0.1, -0.05) is 6.07 Å². The molecule has 0 aliphatic carbocycles. The summed E-state index contributed by atoms with van der Waals surface area (Å²) in [5.74, 6) is -0.164. The standard InChI is InChI=1S/C14H13N3O2S2/c18-12(13-2-1-7-20-13)5-6-15-14(19)9-3-4-10-11(8-9)17-21-16-10/h1-4,7-8,12,18H,5-6H2,(H,15,19)/t12-/m1/s1. The van der Waals surface area contributed by atoms with E-state index in [9.17, 15) is 9.90 Å². The molecule has 5 nitrogen and oxygen atoms in total. The van der Waals surface area contributed by atoms with E-state index in [0.29, 0.717) is 18.5 Å². The van der Waals surface area contributed by atoms with Crippen molar-refractivity contribution in [1.29, 1.82) is 0 Å². The molecule has 0 spiro atoms. The molecule has 108 valence electrons. The van der Waals surface area contributed by atoms with Crippen LogP contribution in [0.1, 0.15) is 27.8 Å². The van der Waals surface area contributed by atoms with Crippen LogP contribution < -0.4 is 5.32 Å². The molecule has 0 aliphatic heterocycles. The maximum atomic E-state index is 12.0. The molecule has 1 atom stereocenters. The number of rotatable bonds is 5. The van der Waals surface area contributed by atoms with Crippen molar-refractivity contribution in [2.75, 3.05) is 6.54 Å². The Morgan fingerprint density at radius 2 is 2.14 bits per heavy atom. The second-order valence-electron chi connectivity index (χ2n) is 4.54. The Labute approximate surface area is 129 Å². The Kier molecular flexibility index (Phi) is 4.23. The van der Waals surface area contributed by atoms with Crippen LogP contribution in [-0.4, -0.2) is 26.3 Å². The molecule has 0 radical (unpaired) electrons. The van der Waals surface area contributed by atoms with Crippen molar-refractivity contribution in [3.05, 3.63) is 46.2 Å².